The Balaban J connectivity index is 1.87. The van der Waals surface area contributed by atoms with E-state index in [1.54, 1.807) is 31.2 Å². The summed E-state index contributed by atoms with van der Waals surface area (Å²) < 4.78 is 38.8. The summed E-state index contributed by atoms with van der Waals surface area (Å²) in [4.78, 5) is 24.2. The molecule has 156 valence electrons. The second-order valence-electron chi connectivity index (χ2n) is 6.42. The first-order valence-corrected chi connectivity index (χ1v) is 11.3. The molecule has 3 N–H and O–H groups in total. The Bertz CT molecular complexity index is 1010. The third-order valence-electron chi connectivity index (χ3n) is 3.88. The molecule has 2 aromatic rings. The normalized spacial score (nSPS) is 12.1. The van der Waals surface area contributed by atoms with Crippen LogP contribution in [0.1, 0.15) is 35.3 Å². The van der Waals surface area contributed by atoms with Gasteiger partial charge in [0.1, 0.15) is 5.82 Å². The zero-order chi connectivity index (χ0) is 21.6. The highest BCUT2D eigenvalue weighted by Gasteiger charge is 2.13. The van der Waals surface area contributed by atoms with Crippen molar-refractivity contribution in [2.45, 2.75) is 19.4 Å². The van der Waals surface area contributed by atoms with Crippen LogP contribution in [0.4, 0.5) is 10.1 Å². The summed E-state index contributed by atoms with van der Waals surface area (Å²) in [6.07, 6.45) is 1.09. The lowest BCUT2D eigenvalue weighted by molar-refractivity contribution is -0.121. The van der Waals surface area contributed by atoms with Gasteiger partial charge >= 0.3 is 0 Å². The topological polar surface area (TPSA) is 104 Å². The molecule has 2 aromatic carbocycles. The zero-order valence-corrected chi connectivity index (χ0v) is 18.2. The third kappa shape index (κ3) is 7.47. The molecule has 0 saturated carbocycles. The summed E-state index contributed by atoms with van der Waals surface area (Å²) in [7, 11) is -3.40. The van der Waals surface area contributed by atoms with Gasteiger partial charge in [0.25, 0.3) is 5.91 Å². The van der Waals surface area contributed by atoms with E-state index in [1.807, 2.05) is 0 Å². The van der Waals surface area contributed by atoms with Crippen LogP contribution in [-0.4, -0.2) is 33.0 Å². The summed E-state index contributed by atoms with van der Waals surface area (Å²) in [5, 5.41) is 5.36. The Morgan fingerprint density at radius 2 is 1.90 bits per heavy atom. The lowest BCUT2D eigenvalue weighted by Crippen LogP contribution is -2.32. The Kier molecular flexibility index (Phi) is 7.74. The predicted octanol–water partition coefficient (Wildman–Crippen LogP) is 2.96. The first-order chi connectivity index (χ1) is 13.5. The molecule has 2 amide bonds. The standard InChI is InChI=1S/C19H21BrFN3O4S/c1-12(13-4-3-5-15(10-13)24-29(2,27)28)23-18(25)8-9-22-19(26)16-11-14(21)6-7-17(16)20/h3-7,10-12,24H,8-9H2,1-2H3,(H,22,26)(H,23,25). The highest BCUT2D eigenvalue weighted by molar-refractivity contribution is 9.10. The number of hydrogen-bond donors (Lipinski definition) is 3. The van der Waals surface area contributed by atoms with Crippen molar-refractivity contribution in [3.05, 3.63) is 63.9 Å². The number of hydrogen-bond acceptors (Lipinski definition) is 4. The average Bonchev–Trinajstić information content (AvgIpc) is 2.62. The van der Waals surface area contributed by atoms with E-state index in [9.17, 15) is 22.4 Å². The van der Waals surface area contributed by atoms with Gasteiger partial charge in [-0.05, 0) is 58.7 Å². The fourth-order valence-electron chi connectivity index (χ4n) is 2.54. The Morgan fingerprint density at radius 1 is 1.17 bits per heavy atom. The summed E-state index contributed by atoms with van der Waals surface area (Å²) in [5.41, 5.74) is 1.27. The molecule has 0 saturated heterocycles. The van der Waals surface area contributed by atoms with Crippen molar-refractivity contribution < 1.29 is 22.4 Å². The Hall–Kier alpha value is -2.46. The van der Waals surface area contributed by atoms with E-state index < -0.39 is 21.7 Å². The van der Waals surface area contributed by atoms with Crippen molar-refractivity contribution >= 4 is 43.5 Å². The molecule has 0 spiro atoms. The van der Waals surface area contributed by atoms with Gasteiger partial charge in [-0.3, -0.25) is 14.3 Å². The molecule has 0 heterocycles. The summed E-state index contributed by atoms with van der Waals surface area (Å²) in [5.74, 6) is -1.31. The number of nitrogens with one attached hydrogen (secondary N) is 3. The van der Waals surface area contributed by atoms with Crippen molar-refractivity contribution in [1.29, 1.82) is 0 Å². The minimum atomic E-state index is -3.40. The lowest BCUT2D eigenvalue weighted by Gasteiger charge is -2.16. The van der Waals surface area contributed by atoms with Crippen molar-refractivity contribution in [3.63, 3.8) is 0 Å². The minimum absolute atomic E-state index is 0.0320. The maximum absolute atomic E-state index is 13.3. The third-order valence-corrected chi connectivity index (χ3v) is 5.18. The van der Waals surface area contributed by atoms with Gasteiger partial charge in [0.2, 0.25) is 15.9 Å². The van der Waals surface area contributed by atoms with Gasteiger partial charge in [0.05, 0.1) is 17.9 Å². The van der Waals surface area contributed by atoms with Crippen LogP contribution in [0.3, 0.4) is 0 Å². The fraction of sp³-hybridized carbons (Fsp3) is 0.263. The second-order valence-corrected chi connectivity index (χ2v) is 9.02. The minimum Gasteiger partial charge on any atom is -0.351 e. The van der Waals surface area contributed by atoms with Crippen molar-refractivity contribution in [2.75, 3.05) is 17.5 Å². The molecule has 0 radical (unpaired) electrons. The van der Waals surface area contributed by atoms with Gasteiger partial charge in [-0.15, -0.1) is 0 Å². The van der Waals surface area contributed by atoms with Crippen molar-refractivity contribution in [3.8, 4) is 0 Å². The number of anilines is 1. The van der Waals surface area contributed by atoms with Gasteiger partial charge in [-0.1, -0.05) is 12.1 Å². The van der Waals surface area contributed by atoms with Crippen LogP contribution in [0.15, 0.2) is 46.9 Å². The molecule has 0 aliphatic rings. The van der Waals surface area contributed by atoms with Gasteiger partial charge in [0.15, 0.2) is 0 Å². The number of rotatable bonds is 8. The Morgan fingerprint density at radius 3 is 2.59 bits per heavy atom. The quantitative estimate of drug-likeness (QED) is 0.534. The summed E-state index contributed by atoms with van der Waals surface area (Å²) in [6, 6.07) is 10.1. The maximum Gasteiger partial charge on any atom is 0.252 e. The molecule has 10 heteroatoms. The molecular formula is C19H21BrFN3O4S. The smallest absolute Gasteiger partial charge is 0.252 e. The number of sulfonamides is 1. The number of carbonyl (C=O) groups excluding carboxylic acids is 2. The zero-order valence-electron chi connectivity index (χ0n) is 15.8. The average molecular weight is 486 g/mol. The molecule has 0 aromatic heterocycles. The van der Waals surface area contributed by atoms with Crippen LogP contribution in [-0.2, 0) is 14.8 Å². The number of carbonyl (C=O) groups is 2. The van der Waals surface area contributed by atoms with E-state index in [2.05, 4.69) is 31.3 Å². The lowest BCUT2D eigenvalue weighted by atomic mass is 10.1. The largest absolute Gasteiger partial charge is 0.351 e. The molecular weight excluding hydrogens is 465 g/mol. The molecule has 0 aliphatic carbocycles. The highest BCUT2D eigenvalue weighted by atomic mass is 79.9. The van der Waals surface area contributed by atoms with Gasteiger partial charge < -0.3 is 10.6 Å². The van der Waals surface area contributed by atoms with E-state index in [4.69, 9.17) is 0 Å². The number of benzene rings is 2. The molecule has 0 fully saturated rings. The highest BCUT2D eigenvalue weighted by Crippen LogP contribution is 2.19. The van der Waals surface area contributed by atoms with E-state index in [0.717, 1.165) is 17.9 Å². The fourth-order valence-corrected chi connectivity index (χ4v) is 3.52. The molecule has 1 unspecified atom stereocenters. The van der Waals surface area contributed by atoms with Crippen molar-refractivity contribution in [1.82, 2.24) is 10.6 Å². The summed E-state index contributed by atoms with van der Waals surface area (Å²) in [6.45, 7) is 1.84. The molecule has 1 atom stereocenters. The second kappa shape index (κ2) is 9.84. The van der Waals surface area contributed by atoms with Crippen LogP contribution in [0.25, 0.3) is 0 Å². The molecule has 7 nitrogen and oxygen atoms in total. The van der Waals surface area contributed by atoms with Crippen LogP contribution < -0.4 is 15.4 Å². The van der Waals surface area contributed by atoms with Gasteiger partial charge in [-0.2, -0.15) is 0 Å². The molecule has 0 bridgehead atoms. The SMILES string of the molecule is CC(NC(=O)CCNC(=O)c1cc(F)ccc1Br)c1cccc(NS(C)(=O)=O)c1. The van der Waals surface area contributed by atoms with Crippen LogP contribution in [0.5, 0.6) is 0 Å². The van der Waals surface area contributed by atoms with Crippen LogP contribution in [0, 0.1) is 5.82 Å². The van der Waals surface area contributed by atoms with Gasteiger partial charge in [-0.25, -0.2) is 12.8 Å². The van der Waals surface area contributed by atoms with Crippen LogP contribution in [0.2, 0.25) is 0 Å². The van der Waals surface area contributed by atoms with Crippen LogP contribution >= 0.6 is 15.9 Å². The molecule has 29 heavy (non-hydrogen) atoms. The monoisotopic (exact) mass is 485 g/mol. The van der Waals surface area contributed by atoms with E-state index in [0.29, 0.717) is 10.2 Å². The van der Waals surface area contributed by atoms with E-state index >= 15 is 0 Å². The summed E-state index contributed by atoms with van der Waals surface area (Å²) >= 11 is 3.18. The maximum atomic E-state index is 13.3. The molecule has 0 aliphatic heterocycles. The van der Waals surface area contributed by atoms with Crippen molar-refractivity contribution in [2.24, 2.45) is 0 Å². The first kappa shape index (κ1) is 22.8. The Labute approximate surface area is 177 Å². The first-order valence-electron chi connectivity index (χ1n) is 8.65. The van der Waals surface area contributed by atoms with E-state index in [-0.39, 0.29) is 30.5 Å². The van der Waals surface area contributed by atoms with E-state index in [1.165, 1.54) is 12.1 Å². The van der Waals surface area contributed by atoms with Gasteiger partial charge in [0, 0.05) is 23.1 Å². The number of halogens is 2. The molecule has 2 rings (SSSR count). The predicted molar refractivity (Wildman–Crippen MR) is 113 cm³/mol. The number of amides is 2.